The Morgan fingerprint density at radius 1 is 1.12 bits per heavy atom. The van der Waals surface area contributed by atoms with Crippen LogP contribution in [0.25, 0.3) is 0 Å². The zero-order chi connectivity index (χ0) is 12.5. The average molecular weight is 239 g/mol. The highest BCUT2D eigenvalue weighted by atomic mass is 19.3. The highest BCUT2D eigenvalue weighted by Crippen LogP contribution is 2.48. The Morgan fingerprint density at radius 3 is 2.35 bits per heavy atom. The average Bonchev–Trinajstić information content (AvgIpc) is 2.30. The molecule has 1 saturated carbocycles. The highest BCUT2D eigenvalue weighted by Gasteiger charge is 2.55. The third-order valence-electron chi connectivity index (χ3n) is 3.95. The van der Waals surface area contributed by atoms with Crippen LogP contribution in [0.1, 0.15) is 36.8 Å². The van der Waals surface area contributed by atoms with Crippen LogP contribution in [-0.4, -0.2) is 13.0 Å². The number of rotatable bonds is 2. The zero-order valence-electron chi connectivity index (χ0n) is 10.4. The maximum atomic E-state index is 14.3. The minimum absolute atomic E-state index is 0.0256. The van der Waals surface area contributed by atoms with Crippen LogP contribution in [0.15, 0.2) is 24.3 Å². The molecule has 1 fully saturated rings. The summed E-state index contributed by atoms with van der Waals surface area (Å²) in [6.45, 7) is 1.90. The van der Waals surface area contributed by atoms with E-state index in [-0.39, 0.29) is 6.42 Å². The summed E-state index contributed by atoms with van der Waals surface area (Å²) >= 11 is 0. The van der Waals surface area contributed by atoms with Gasteiger partial charge in [0.25, 0.3) is 5.92 Å². The minimum atomic E-state index is -2.67. The third-order valence-corrected chi connectivity index (χ3v) is 3.95. The number of aryl methyl sites for hydroxylation is 1. The van der Waals surface area contributed by atoms with Gasteiger partial charge in [-0.25, -0.2) is 8.78 Å². The number of halogens is 2. The first-order chi connectivity index (χ1) is 8.03. The van der Waals surface area contributed by atoms with Crippen molar-refractivity contribution in [3.8, 4) is 0 Å². The number of nitrogens with one attached hydrogen (secondary N) is 1. The highest BCUT2D eigenvalue weighted by molar-refractivity contribution is 5.35. The topological polar surface area (TPSA) is 12.0 Å². The quantitative estimate of drug-likeness (QED) is 0.831. The monoisotopic (exact) mass is 239 g/mol. The first kappa shape index (κ1) is 12.5. The van der Waals surface area contributed by atoms with Gasteiger partial charge in [0.15, 0.2) is 0 Å². The van der Waals surface area contributed by atoms with Crippen LogP contribution in [0.5, 0.6) is 0 Å². The molecule has 0 bridgehead atoms. The van der Waals surface area contributed by atoms with E-state index in [4.69, 9.17) is 0 Å². The molecule has 94 valence electrons. The van der Waals surface area contributed by atoms with E-state index in [1.165, 1.54) is 0 Å². The summed E-state index contributed by atoms with van der Waals surface area (Å²) in [5.41, 5.74) is 0.493. The molecule has 0 saturated heterocycles. The van der Waals surface area contributed by atoms with E-state index in [0.29, 0.717) is 12.8 Å². The van der Waals surface area contributed by atoms with Gasteiger partial charge >= 0.3 is 0 Å². The van der Waals surface area contributed by atoms with Crippen LogP contribution in [0.2, 0.25) is 0 Å². The lowest BCUT2D eigenvalue weighted by molar-refractivity contribution is -0.119. The Hall–Kier alpha value is -0.960. The molecule has 1 aliphatic rings. The third kappa shape index (κ3) is 1.86. The maximum absolute atomic E-state index is 14.3. The molecule has 3 heteroatoms. The first-order valence-electron chi connectivity index (χ1n) is 6.16. The van der Waals surface area contributed by atoms with Crippen molar-refractivity contribution in [2.75, 3.05) is 7.05 Å². The Balaban J connectivity index is 2.53. The Kier molecular flexibility index (Phi) is 3.21. The van der Waals surface area contributed by atoms with Gasteiger partial charge in [-0.05, 0) is 37.9 Å². The fourth-order valence-corrected chi connectivity index (χ4v) is 2.96. The summed E-state index contributed by atoms with van der Waals surface area (Å²) in [5, 5.41) is 2.91. The molecule has 1 aliphatic carbocycles. The standard InChI is InChI=1S/C14H19F2N/c1-11-7-3-4-8-12(11)13(17-2)9-5-6-10-14(13,15)16/h3-4,7-8,17H,5-6,9-10H2,1-2H3/t13-/m1/s1. The number of hydrogen-bond acceptors (Lipinski definition) is 1. The molecule has 0 amide bonds. The lowest BCUT2D eigenvalue weighted by Crippen LogP contribution is -2.56. The molecule has 0 heterocycles. The number of alkyl halides is 2. The second-order valence-electron chi connectivity index (χ2n) is 4.88. The molecular formula is C14H19F2N. The normalized spacial score (nSPS) is 28.0. The molecule has 1 aromatic rings. The van der Waals surface area contributed by atoms with E-state index < -0.39 is 11.5 Å². The van der Waals surface area contributed by atoms with Crippen LogP contribution in [0.4, 0.5) is 8.78 Å². The molecule has 2 rings (SSSR count). The second-order valence-corrected chi connectivity index (χ2v) is 4.88. The SMILES string of the molecule is CN[C@@]1(c2ccccc2C)CCCCC1(F)F. The van der Waals surface area contributed by atoms with Crippen molar-refractivity contribution in [2.24, 2.45) is 0 Å². The summed E-state index contributed by atoms with van der Waals surface area (Å²) in [7, 11) is 1.64. The lowest BCUT2D eigenvalue weighted by Gasteiger charge is -2.44. The van der Waals surface area contributed by atoms with Crippen LogP contribution in [0, 0.1) is 6.92 Å². The van der Waals surface area contributed by atoms with Gasteiger partial charge in [-0.3, -0.25) is 0 Å². The molecule has 1 atom stereocenters. The van der Waals surface area contributed by atoms with Gasteiger partial charge in [-0.2, -0.15) is 0 Å². The van der Waals surface area contributed by atoms with Crippen LogP contribution in [-0.2, 0) is 5.54 Å². The molecule has 0 unspecified atom stereocenters. The van der Waals surface area contributed by atoms with Gasteiger partial charge < -0.3 is 5.32 Å². The Bertz CT molecular complexity index is 403. The summed E-state index contributed by atoms with van der Waals surface area (Å²) in [4.78, 5) is 0. The van der Waals surface area contributed by atoms with Crippen molar-refractivity contribution in [1.82, 2.24) is 5.32 Å². The van der Waals surface area contributed by atoms with Gasteiger partial charge in [-0.15, -0.1) is 0 Å². The lowest BCUT2D eigenvalue weighted by atomic mass is 9.72. The fourth-order valence-electron chi connectivity index (χ4n) is 2.96. The molecule has 17 heavy (non-hydrogen) atoms. The molecule has 1 N–H and O–H groups in total. The van der Waals surface area contributed by atoms with Crippen molar-refractivity contribution in [3.05, 3.63) is 35.4 Å². The van der Waals surface area contributed by atoms with E-state index in [2.05, 4.69) is 5.32 Å². The van der Waals surface area contributed by atoms with Gasteiger partial charge in [-0.1, -0.05) is 30.7 Å². The van der Waals surface area contributed by atoms with Gasteiger partial charge in [0.1, 0.15) is 5.54 Å². The van der Waals surface area contributed by atoms with Crippen molar-refractivity contribution in [3.63, 3.8) is 0 Å². The van der Waals surface area contributed by atoms with Crippen molar-refractivity contribution >= 4 is 0 Å². The smallest absolute Gasteiger partial charge is 0.270 e. The summed E-state index contributed by atoms with van der Waals surface area (Å²) in [6.07, 6.45) is 1.94. The predicted octanol–water partition coefficient (Wildman–Crippen LogP) is 3.62. The summed E-state index contributed by atoms with van der Waals surface area (Å²) in [6, 6.07) is 7.46. The van der Waals surface area contributed by atoms with Gasteiger partial charge in [0.2, 0.25) is 0 Å². The summed E-state index contributed by atoms with van der Waals surface area (Å²) in [5.74, 6) is -2.67. The Labute approximate surface area is 101 Å². The van der Waals surface area contributed by atoms with Gasteiger partial charge in [0.05, 0.1) is 0 Å². The van der Waals surface area contributed by atoms with E-state index in [1.54, 1.807) is 7.05 Å². The number of benzene rings is 1. The van der Waals surface area contributed by atoms with Gasteiger partial charge in [0, 0.05) is 6.42 Å². The van der Waals surface area contributed by atoms with E-state index in [1.807, 2.05) is 31.2 Å². The molecular weight excluding hydrogens is 220 g/mol. The van der Waals surface area contributed by atoms with Crippen LogP contribution in [0.3, 0.4) is 0 Å². The van der Waals surface area contributed by atoms with Crippen molar-refractivity contribution in [1.29, 1.82) is 0 Å². The summed E-state index contributed by atoms with van der Waals surface area (Å²) < 4.78 is 28.7. The minimum Gasteiger partial charge on any atom is -0.305 e. The maximum Gasteiger partial charge on any atom is 0.270 e. The molecule has 1 nitrogen and oxygen atoms in total. The van der Waals surface area contributed by atoms with E-state index in [0.717, 1.165) is 17.5 Å². The second kappa shape index (κ2) is 4.37. The van der Waals surface area contributed by atoms with Crippen molar-refractivity contribution in [2.45, 2.75) is 44.1 Å². The number of hydrogen-bond donors (Lipinski definition) is 1. The van der Waals surface area contributed by atoms with Crippen LogP contribution >= 0.6 is 0 Å². The first-order valence-corrected chi connectivity index (χ1v) is 6.16. The zero-order valence-corrected chi connectivity index (χ0v) is 10.4. The predicted molar refractivity (Wildman–Crippen MR) is 65.3 cm³/mol. The fraction of sp³-hybridized carbons (Fsp3) is 0.571. The molecule has 0 aromatic heterocycles. The Morgan fingerprint density at radius 2 is 1.76 bits per heavy atom. The molecule has 0 aliphatic heterocycles. The molecule has 0 spiro atoms. The molecule has 0 radical (unpaired) electrons. The largest absolute Gasteiger partial charge is 0.305 e. The van der Waals surface area contributed by atoms with E-state index >= 15 is 0 Å². The van der Waals surface area contributed by atoms with E-state index in [9.17, 15) is 8.78 Å². The molecule has 1 aromatic carbocycles. The van der Waals surface area contributed by atoms with Crippen molar-refractivity contribution < 1.29 is 8.78 Å². The van der Waals surface area contributed by atoms with Crippen LogP contribution < -0.4 is 5.32 Å².